The number of amidine groups is 1. The molecule has 1 unspecified atom stereocenters. The van der Waals surface area contributed by atoms with Crippen molar-refractivity contribution in [3.63, 3.8) is 0 Å². The molecule has 2 amide bonds. The number of nitrogens with zero attached hydrogens (tertiary/aromatic N) is 3. The molecule has 5 rings (SSSR count). The molecule has 0 aliphatic carbocycles. The number of benzodiazepines with no additional fused rings is 1. The Balaban J connectivity index is 1.48. The molecule has 7 nitrogen and oxygen atoms in total. The number of nitrogens with one attached hydrogen (secondary N) is 1. The van der Waals surface area contributed by atoms with Crippen molar-refractivity contribution in [2.45, 2.75) is 18.5 Å². The molecule has 1 saturated heterocycles. The number of amides is 2. The van der Waals surface area contributed by atoms with E-state index in [9.17, 15) is 9.59 Å². The second-order valence-corrected chi connectivity index (χ2v) is 10.1. The van der Waals surface area contributed by atoms with Crippen LogP contribution in [0.15, 0.2) is 77.8 Å². The molecule has 38 heavy (non-hydrogen) atoms. The van der Waals surface area contributed by atoms with Gasteiger partial charge in [0.05, 0.1) is 34.9 Å². The minimum Gasteiger partial charge on any atom is -0.378 e. The van der Waals surface area contributed by atoms with Crippen LogP contribution < -0.4 is 10.2 Å². The van der Waals surface area contributed by atoms with E-state index in [1.807, 2.05) is 60.7 Å². The highest BCUT2D eigenvalue weighted by atomic mass is 35.5. The molecule has 0 saturated carbocycles. The number of para-hydroxylation sites is 1. The van der Waals surface area contributed by atoms with Crippen LogP contribution in [0.3, 0.4) is 0 Å². The summed E-state index contributed by atoms with van der Waals surface area (Å²) in [6, 6.07) is 22.5. The predicted molar refractivity (Wildman–Crippen MR) is 150 cm³/mol. The van der Waals surface area contributed by atoms with E-state index in [2.05, 4.69) is 10.2 Å². The third-order valence-corrected chi connectivity index (χ3v) is 7.59. The van der Waals surface area contributed by atoms with Gasteiger partial charge in [-0.25, -0.2) is 4.99 Å². The molecule has 0 aromatic heterocycles. The first-order valence-electron chi connectivity index (χ1n) is 12.5. The minimum atomic E-state index is -1.09. The van der Waals surface area contributed by atoms with E-state index in [0.29, 0.717) is 48.6 Å². The first-order valence-corrected chi connectivity index (χ1v) is 13.2. The number of halogens is 2. The standard InChI is InChI=1S/C29H28Cl2N4O3/c1-34-25-10-6-5-9-21(25)27(35-13-15-38-16-14-35)32-26(29(34)37)33-28(36)22(20-7-3-2-4-8-20)17-19-11-12-23(30)24(31)18-19/h2-12,18,22,26H,13-17H2,1H3,(H,33,36)/t22-,26?/m0/s1. The summed E-state index contributed by atoms with van der Waals surface area (Å²) in [6.07, 6.45) is -0.707. The Bertz CT molecular complexity index is 1360. The average molecular weight is 551 g/mol. The van der Waals surface area contributed by atoms with Crippen molar-refractivity contribution in [2.75, 3.05) is 38.3 Å². The highest BCUT2D eigenvalue weighted by molar-refractivity contribution is 6.42. The molecule has 0 bridgehead atoms. The molecule has 2 aliphatic heterocycles. The van der Waals surface area contributed by atoms with Crippen molar-refractivity contribution in [1.29, 1.82) is 0 Å². The maximum atomic E-state index is 13.8. The van der Waals surface area contributed by atoms with E-state index in [0.717, 1.165) is 22.4 Å². The van der Waals surface area contributed by atoms with Gasteiger partial charge in [0.25, 0.3) is 5.91 Å². The Morgan fingerprint density at radius 3 is 2.47 bits per heavy atom. The molecule has 0 radical (unpaired) electrons. The van der Waals surface area contributed by atoms with Crippen LogP contribution in [0, 0.1) is 0 Å². The van der Waals surface area contributed by atoms with E-state index in [-0.39, 0.29) is 11.8 Å². The maximum absolute atomic E-state index is 13.8. The number of anilines is 1. The molecule has 2 atom stereocenters. The Hall–Kier alpha value is -3.39. The van der Waals surface area contributed by atoms with Crippen LogP contribution in [0.25, 0.3) is 0 Å². The zero-order chi connectivity index (χ0) is 26.6. The first kappa shape index (κ1) is 26.2. The SMILES string of the molecule is CN1C(=O)C(NC(=O)[C@@H](Cc2ccc(Cl)c(Cl)c2)c2ccccc2)N=C(N2CCOCC2)c2ccccc21. The van der Waals surface area contributed by atoms with Gasteiger partial charge in [-0.05, 0) is 41.8 Å². The number of hydrogen-bond donors (Lipinski definition) is 1. The molecule has 9 heteroatoms. The number of carbonyl (C=O) groups is 2. The van der Waals surface area contributed by atoms with E-state index in [4.69, 9.17) is 32.9 Å². The van der Waals surface area contributed by atoms with Gasteiger partial charge >= 0.3 is 0 Å². The average Bonchev–Trinajstić information content (AvgIpc) is 3.05. The van der Waals surface area contributed by atoms with Gasteiger partial charge in [0.15, 0.2) is 0 Å². The Morgan fingerprint density at radius 1 is 1.03 bits per heavy atom. The topological polar surface area (TPSA) is 74.2 Å². The van der Waals surface area contributed by atoms with Crippen LogP contribution in [0.5, 0.6) is 0 Å². The van der Waals surface area contributed by atoms with E-state index >= 15 is 0 Å². The number of benzene rings is 3. The molecule has 1 fully saturated rings. The van der Waals surface area contributed by atoms with Gasteiger partial charge in [0.1, 0.15) is 5.84 Å². The van der Waals surface area contributed by atoms with Gasteiger partial charge in [-0.1, -0.05) is 71.7 Å². The lowest BCUT2D eigenvalue weighted by atomic mass is 9.91. The largest absolute Gasteiger partial charge is 0.378 e. The lowest BCUT2D eigenvalue weighted by Crippen LogP contribution is -2.48. The lowest BCUT2D eigenvalue weighted by molar-refractivity contribution is -0.128. The Labute approximate surface area is 232 Å². The molecular weight excluding hydrogens is 523 g/mol. The third kappa shape index (κ3) is 5.55. The fraction of sp³-hybridized carbons (Fsp3) is 0.276. The van der Waals surface area contributed by atoms with Gasteiger partial charge < -0.3 is 19.9 Å². The van der Waals surface area contributed by atoms with Crippen LogP contribution >= 0.6 is 23.2 Å². The third-order valence-electron chi connectivity index (χ3n) is 6.85. The van der Waals surface area contributed by atoms with Crippen LogP contribution in [-0.2, 0) is 20.7 Å². The zero-order valence-electron chi connectivity index (χ0n) is 20.9. The minimum absolute atomic E-state index is 0.301. The van der Waals surface area contributed by atoms with Gasteiger partial charge in [-0.3, -0.25) is 9.59 Å². The number of likely N-dealkylation sites (N-methyl/N-ethyl adjacent to an activating group) is 1. The Kier molecular flexibility index (Phi) is 7.98. The van der Waals surface area contributed by atoms with E-state index in [1.54, 1.807) is 24.1 Å². The maximum Gasteiger partial charge on any atom is 0.272 e. The number of ether oxygens (including phenoxy) is 1. The number of aliphatic imine (C=N–C) groups is 1. The number of rotatable bonds is 5. The summed E-state index contributed by atoms with van der Waals surface area (Å²) in [7, 11) is 1.71. The second-order valence-electron chi connectivity index (χ2n) is 9.29. The van der Waals surface area contributed by atoms with E-state index < -0.39 is 12.1 Å². The summed E-state index contributed by atoms with van der Waals surface area (Å²) in [4.78, 5) is 36.0. The first-order chi connectivity index (χ1) is 18.4. The number of carbonyl (C=O) groups excluding carboxylic acids is 2. The summed E-state index contributed by atoms with van der Waals surface area (Å²) in [5.74, 6) is -0.507. The summed E-state index contributed by atoms with van der Waals surface area (Å²) in [5, 5.41) is 3.83. The summed E-state index contributed by atoms with van der Waals surface area (Å²) in [5.41, 5.74) is 3.27. The van der Waals surface area contributed by atoms with Crippen molar-refractivity contribution in [1.82, 2.24) is 10.2 Å². The van der Waals surface area contributed by atoms with Crippen LogP contribution in [0.4, 0.5) is 5.69 Å². The number of fused-ring (bicyclic) bond motifs is 1. The highest BCUT2D eigenvalue weighted by Crippen LogP contribution is 2.29. The second kappa shape index (κ2) is 11.6. The van der Waals surface area contributed by atoms with Gasteiger partial charge in [-0.15, -0.1) is 0 Å². The summed E-state index contributed by atoms with van der Waals surface area (Å²) in [6.45, 7) is 2.44. The van der Waals surface area contributed by atoms with Crippen molar-refractivity contribution < 1.29 is 14.3 Å². The van der Waals surface area contributed by atoms with Crippen LogP contribution in [-0.4, -0.2) is 62.1 Å². The van der Waals surface area contributed by atoms with Crippen molar-refractivity contribution in [3.8, 4) is 0 Å². The summed E-state index contributed by atoms with van der Waals surface area (Å²) < 4.78 is 5.53. The van der Waals surface area contributed by atoms with Crippen LogP contribution in [0.1, 0.15) is 22.6 Å². The Morgan fingerprint density at radius 2 is 1.74 bits per heavy atom. The van der Waals surface area contributed by atoms with Crippen molar-refractivity contribution in [3.05, 3.63) is 99.5 Å². The lowest BCUT2D eigenvalue weighted by Gasteiger charge is -2.30. The van der Waals surface area contributed by atoms with Crippen molar-refractivity contribution >= 4 is 46.5 Å². The molecule has 3 aromatic rings. The van der Waals surface area contributed by atoms with Crippen molar-refractivity contribution in [2.24, 2.45) is 4.99 Å². The zero-order valence-corrected chi connectivity index (χ0v) is 22.5. The molecular formula is C29H28Cl2N4O3. The quantitative estimate of drug-likeness (QED) is 0.507. The molecule has 2 aliphatic rings. The highest BCUT2D eigenvalue weighted by Gasteiger charge is 2.34. The van der Waals surface area contributed by atoms with E-state index in [1.165, 1.54) is 0 Å². The monoisotopic (exact) mass is 550 g/mol. The molecule has 0 spiro atoms. The molecule has 3 aromatic carbocycles. The van der Waals surface area contributed by atoms with Gasteiger partial charge in [0, 0.05) is 25.7 Å². The smallest absolute Gasteiger partial charge is 0.272 e. The summed E-state index contributed by atoms with van der Waals surface area (Å²) >= 11 is 12.4. The van der Waals surface area contributed by atoms with Gasteiger partial charge in [0.2, 0.25) is 12.1 Å². The van der Waals surface area contributed by atoms with Crippen LogP contribution in [0.2, 0.25) is 10.0 Å². The number of hydrogen-bond acceptors (Lipinski definition) is 5. The fourth-order valence-corrected chi connectivity index (χ4v) is 5.13. The number of morpholine rings is 1. The molecule has 196 valence electrons. The predicted octanol–water partition coefficient (Wildman–Crippen LogP) is 4.52. The van der Waals surface area contributed by atoms with Gasteiger partial charge in [-0.2, -0.15) is 0 Å². The molecule has 1 N–H and O–H groups in total. The fourth-order valence-electron chi connectivity index (χ4n) is 4.81. The molecule has 2 heterocycles. The normalized spacial score (nSPS) is 18.3.